The Balaban J connectivity index is 2.22. The summed E-state index contributed by atoms with van der Waals surface area (Å²) in [6.45, 7) is 4.81. The van der Waals surface area contributed by atoms with E-state index in [1.807, 2.05) is 13.8 Å². The predicted octanol–water partition coefficient (Wildman–Crippen LogP) is 0.605. The normalized spacial score (nSPS) is 12.3. The third-order valence-corrected chi connectivity index (χ3v) is 3.55. The van der Waals surface area contributed by atoms with Crippen molar-refractivity contribution in [2.24, 2.45) is 5.92 Å². The molecule has 1 atom stereocenters. The summed E-state index contributed by atoms with van der Waals surface area (Å²) in [7, 11) is 0. The summed E-state index contributed by atoms with van der Waals surface area (Å²) in [5, 5.41) is 16.7. The zero-order valence-electron chi connectivity index (χ0n) is 11.4. The molecule has 0 saturated heterocycles. The first-order valence-corrected chi connectivity index (χ1v) is 7.30. The van der Waals surface area contributed by atoms with E-state index in [1.165, 1.54) is 29.1 Å². The number of aromatic nitrogens is 6. The number of anilines is 1. The molecule has 0 radical (unpaired) electrons. The number of hydrogen-bond acceptors (Lipinski definition) is 8. The lowest BCUT2D eigenvalue weighted by Gasteiger charge is -2.09. The first-order chi connectivity index (χ1) is 9.72. The Bertz CT molecular complexity index is 534. The molecule has 2 aromatic heterocycles. The molecule has 108 valence electrons. The molecule has 0 aliphatic rings. The minimum Gasteiger partial charge on any atom is -0.396 e. The van der Waals surface area contributed by atoms with Crippen LogP contribution in [0.5, 0.6) is 0 Å². The van der Waals surface area contributed by atoms with Crippen LogP contribution in [0.1, 0.15) is 13.8 Å². The molecule has 20 heavy (non-hydrogen) atoms. The van der Waals surface area contributed by atoms with Crippen LogP contribution in [0.25, 0.3) is 5.95 Å². The fourth-order valence-electron chi connectivity index (χ4n) is 1.33. The van der Waals surface area contributed by atoms with E-state index in [9.17, 15) is 0 Å². The maximum absolute atomic E-state index is 9.06. The lowest BCUT2D eigenvalue weighted by molar-refractivity contribution is 0.250. The first-order valence-electron chi connectivity index (χ1n) is 6.31. The Labute approximate surface area is 121 Å². The van der Waals surface area contributed by atoms with Gasteiger partial charge in [0.05, 0.1) is 0 Å². The molecule has 9 heteroatoms. The van der Waals surface area contributed by atoms with Crippen LogP contribution in [-0.2, 0) is 0 Å². The van der Waals surface area contributed by atoms with E-state index in [1.54, 1.807) is 0 Å². The number of nitrogens with zero attached hydrogens (tertiary/aromatic N) is 6. The predicted molar refractivity (Wildman–Crippen MR) is 75.9 cm³/mol. The van der Waals surface area contributed by atoms with Gasteiger partial charge in [-0.15, -0.1) is 0 Å². The van der Waals surface area contributed by atoms with E-state index in [0.717, 1.165) is 12.3 Å². The second-order valence-electron chi connectivity index (χ2n) is 4.21. The lowest BCUT2D eigenvalue weighted by atomic mass is 10.2. The smallest absolute Gasteiger partial charge is 0.257 e. The van der Waals surface area contributed by atoms with Crippen molar-refractivity contribution in [3.8, 4) is 5.95 Å². The highest BCUT2D eigenvalue weighted by Crippen LogP contribution is 2.18. The number of aliphatic hydroxyl groups is 1. The highest BCUT2D eigenvalue weighted by Gasteiger charge is 2.10. The summed E-state index contributed by atoms with van der Waals surface area (Å²) < 4.78 is 1.49. The number of rotatable bonds is 7. The van der Waals surface area contributed by atoms with E-state index >= 15 is 0 Å². The maximum atomic E-state index is 9.06. The summed E-state index contributed by atoms with van der Waals surface area (Å²) in [5.74, 6) is 1.86. The van der Waals surface area contributed by atoms with Crippen molar-refractivity contribution in [2.75, 3.05) is 24.2 Å². The van der Waals surface area contributed by atoms with Crippen molar-refractivity contribution in [3.63, 3.8) is 0 Å². The molecule has 2 rings (SSSR count). The highest BCUT2D eigenvalue weighted by atomic mass is 32.2. The minimum atomic E-state index is 0.147. The van der Waals surface area contributed by atoms with Gasteiger partial charge in [0.1, 0.15) is 12.7 Å². The van der Waals surface area contributed by atoms with Gasteiger partial charge in [0.15, 0.2) is 5.16 Å². The number of nitrogens with one attached hydrogen (secondary N) is 1. The largest absolute Gasteiger partial charge is 0.396 e. The summed E-state index contributed by atoms with van der Waals surface area (Å²) in [6, 6.07) is 0. The molecule has 1 unspecified atom stereocenters. The zero-order chi connectivity index (χ0) is 14.4. The molecule has 0 bridgehead atoms. The third kappa shape index (κ3) is 3.87. The number of thioether (sulfide) groups is 1. The zero-order valence-corrected chi connectivity index (χ0v) is 12.2. The van der Waals surface area contributed by atoms with Gasteiger partial charge in [0.25, 0.3) is 5.95 Å². The van der Waals surface area contributed by atoms with Crippen LogP contribution in [0, 0.1) is 5.92 Å². The van der Waals surface area contributed by atoms with Crippen LogP contribution in [0.15, 0.2) is 17.8 Å². The summed E-state index contributed by atoms with van der Waals surface area (Å²) in [4.78, 5) is 16.8. The van der Waals surface area contributed by atoms with Crippen molar-refractivity contribution >= 4 is 17.7 Å². The van der Waals surface area contributed by atoms with Crippen molar-refractivity contribution in [1.29, 1.82) is 0 Å². The second-order valence-corrected chi connectivity index (χ2v) is 5.20. The molecule has 0 fully saturated rings. The lowest BCUT2D eigenvalue weighted by Crippen LogP contribution is -2.11. The van der Waals surface area contributed by atoms with Crippen LogP contribution in [0.2, 0.25) is 0 Å². The van der Waals surface area contributed by atoms with Crippen LogP contribution in [-0.4, -0.2) is 53.7 Å². The molecule has 2 heterocycles. The molecule has 0 aromatic carbocycles. The molecular weight excluding hydrogens is 278 g/mol. The average molecular weight is 295 g/mol. The van der Waals surface area contributed by atoms with E-state index in [4.69, 9.17) is 5.11 Å². The Morgan fingerprint density at radius 2 is 2.25 bits per heavy atom. The Kier molecular flexibility index (Phi) is 5.24. The van der Waals surface area contributed by atoms with Gasteiger partial charge in [-0.2, -0.15) is 24.7 Å². The minimum absolute atomic E-state index is 0.147. The van der Waals surface area contributed by atoms with Gasteiger partial charge >= 0.3 is 0 Å². The third-order valence-electron chi connectivity index (χ3n) is 2.37. The van der Waals surface area contributed by atoms with E-state index in [-0.39, 0.29) is 12.5 Å². The van der Waals surface area contributed by atoms with Crippen LogP contribution >= 0.6 is 11.8 Å². The van der Waals surface area contributed by atoms with Crippen molar-refractivity contribution < 1.29 is 5.11 Å². The fraction of sp³-hybridized carbons (Fsp3) is 0.545. The molecule has 8 nitrogen and oxygen atoms in total. The van der Waals surface area contributed by atoms with E-state index < -0.39 is 0 Å². The number of hydrogen-bond donors (Lipinski definition) is 2. The van der Waals surface area contributed by atoms with E-state index in [0.29, 0.717) is 17.1 Å². The van der Waals surface area contributed by atoms with E-state index in [2.05, 4.69) is 30.4 Å². The van der Waals surface area contributed by atoms with Crippen LogP contribution in [0.4, 0.5) is 5.95 Å². The topological polar surface area (TPSA) is 102 Å². The standard InChI is InChI=1S/C11H17N7OS/c1-3-13-9-15-10(18-7-12-6-14-18)17-11(16-9)20-5-8(2)4-19/h6-8,19H,3-5H2,1-2H3,(H,13,15,16,17). The fourth-order valence-corrected chi connectivity index (χ4v) is 2.17. The second kappa shape index (κ2) is 7.15. The molecule has 0 spiro atoms. The summed E-state index contributed by atoms with van der Waals surface area (Å²) in [6.07, 6.45) is 2.97. The Hall–Kier alpha value is -1.74. The molecule has 2 N–H and O–H groups in total. The van der Waals surface area contributed by atoms with Gasteiger partial charge < -0.3 is 10.4 Å². The highest BCUT2D eigenvalue weighted by molar-refractivity contribution is 7.99. The monoisotopic (exact) mass is 295 g/mol. The average Bonchev–Trinajstić information content (AvgIpc) is 2.99. The summed E-state index contributed by atoms with van der Waals surface area (Å²) in [5.41, 5.74) is 0. The Morgan fingerprint density at radius 3 is 2.90 bits per heavy atom. The molecule has 2 aromatic rings. The molecule has 0 aliphatic carbocycles. The van der Waals surface area contributed by atoms with Crippen molar-refractivity contribution in [1.82, 2.24) is 29.7 Å². The Morgan fingerprint density at radius 1 is 1.40 bits per heavy atom. The molecule has 0 aliphatic heterocycles. The quantitative estimate of drug-likeness (QED) is 0.716. The molecular formula is C11H17N7OS. The molecule has 0 saturated carbocycles. The van der Waals surface area contributed by atoms with Crippen LogP contribution < -0.4 is 5.32 Å². The van der Waals surface area contributed by atoms with Gasteiger partial charge in [0, 0.05) is 18.9 Å². The number of aliphatic hydroxyl groups excluding tert-OH is 1. The van der Waals surface area contributed by atoms with Gasteiger partial charge in [-0.05, 0) is 12.8 Å². The van der Waals surface area contributed by atoms with Crippen molar-refractivity contribution in [2.45, 2.75) is 19.0 Å². The molecule has 0 amide bonds. The van der Waals surface area contributed by atoms with Gasteiger partial charge in [-0.1, -0.05) is 18.7 Å². The van der Waals surface area contributed by atoms with Crippen LogP contribution in [0.3, 0.4) is 0 Å². The van der Waals surface area contributed by atoms with Gasteiger partial charge in [0.2, 0.25) is 5.95 Å². The van der Waals surface area contributed by atoms with Crippen molar-refractivity contribution in [3.05, 3.63) is 12.7 Å². The SMILES string of the molecule is CCNc1nc(SCC(C)CO)nc(-n2cncn2)n1. The first kappa shape index (κ1) is 14.7. The van der Waals surface area contributed by atoms with Gasteiger partial charge in [-0.25, -0.2) is 4.98 Å². The van der Waals surface area contributed by atoms with Gasteiger partial charge in [-0.3, -0.25) is 0 Å². The summed E-state index contributed by atoms with van der Waals surface area (Å²) >= 11 is 1.48. The maximum Gasteiger partial charge on any atom is 0.257 e.